The number of carbonyl (C=O) groups excluding carboxylic acids is 2. The highest BCUT2D eigenvalue weighted by Crippen LogP contribution is 2.03. The van der Waals surface area contributed by atoms with Crippen LogP contribution in [0.1, 0.15) is 26.5 Å². The third-order valence-corrected chi connectivity index (χ3v) is 3.31. The third-order valence-electron chi connectivity index (χ3n) is 3.31. The molecule has 0 aliphatic rings. The first-order valence-electron chi connectivity index (χ1n) is 7.28. The first-order valence-corrected chi connectivity index (χ1v) is 7.28. The van der Waals surface area contributed by atoms with Crippen LogP contribution in [0.4, 0.5) is 0 Å². The number of nitrogens with zero attached hydrogens (tertiary/aromatic N) is 2. The minimum atomic E-state index is -0.401. The molecule has 1 atom stereocenters. The van der Waals surface area contributed by atoms with E-state index < -0.39 is 6.04 Å². The summed E-state index contributed by atoms with van der Waals surface area (Å²) in [7, 11) is 1.89. The molecule has 0 saturated carbocycles. The normalized spacial score (nSPS) is 12.5. The second kappa shape index (κ2) is 8.52. The highest BCUT2D eigenvalue weighted by molar-refractivity contribution is 5.88. The molecule has 1 N–H and O–H groups in total. The quantitative estimate of drug-likeness (QED) is 0.784. The van der Waals surface area contributed by atoms with E-state index in [1.807, 2.05) is 44.0 Å². The highest BCUT2D eigenvalue weighted by atomic mass is 16.2. The Hall–Kier alpha value is -1.75. The van der Waals surface area contributed by atoms with Crippen molar-refractivity contribution < 1.29 is 9.59 Å². The van der Waals surface area contributed by atoms with Gasteiger partial charge in [-0.2, -0.15) is 0 Å². The van der Waals surface area contributed by atoms with Crippen LogP contribution in [0.5, 0.6) is 0 Å². The lowest BCUT2D eigenvalue weighted by atomic mass is 10.0. The van der Waals surface area contributed by atoms with Gasteiger partial charge in [-0.3, -0.25) is 19.5 Å². The fourth-order valence-corrected chi connectivity index (χ4v) is 2.13. The Kier molecular flexibility index (Phi) is 7.02. The summed E-state index contributed by atoms with van der Waals surface area (Å²) in [6.45, 7) is 6.39. The molecule has 0 saturated heterocycles. The number of aromatic nitrogens is 1. The number of carbonyl (C=O) groups is 2. The van der Waals surface area contributed by atoms with E-state index in [0.29, 0.717) is 0 Å². The summed E-state index contributed by atoms with van der Waals surface area (Å²) in [6, 6.07) is 5.41. The molecule has 0 bridgehead atoms. The maximum atomic E-state index is 12.0. The molecule has 5 nitrogen and oxygen atoms in total. The first kappa shape index (κ1) is 17.3. The molecule has 0 aromatic carbocycles. The van der Waals surface area contributed by atoms with Gasteiger partial charge in [-0.15, -0.1) is 0 Å². The van der Waals surface area contributed by atoms with E-state index >= 15 is 0 Å². The largest absolute Gasteiger partial charge is 0.345 e. The summed E-state index contributed by atoms with van der Waals surface area (Å²) in [5, 5.41) is 2.80. The van der Waals surface area contributed by atoms with Crippen LogP contribution in [0.2, 0.25) is 0 Å². The van der Waals surface area contributed by atoms with E-state index in [4.69, 9.17) is 0 Å². The Morgan fingerprint density at radius 2 is 2.05 bits per heavy atom. The molecule has 0 aliphatic heterocycles. The molecule has 116 valence electrons. The summed E-state index contributed by atoms with van der Waals surface area (Å²) in [4.78, 5) is 29.6. The number of Topliss-reactive ketones (excluding diaryl/α,β-unsaturated/α-hetero) is 1. The number of hydrogen-bond acceptors (Lipinski definition) is 4. The van der Waals surface area contributed by atoms with Crippen molar-refractivity contribution in [3.8, 4) is 0 Å². The lowest BCUT2D eigenvalue weighted by Gasteiger charge is -2.22. The van der Waals surface area contributed by atoms with Gasteiger partial charge in [0.2, 0.25) is 5.91 Å². The Morgan fingerprint density at radius 1 is 1.33 bits per heavy atom. The minimum Gasteiger partial charge on any atom is -0.345 e. The van der Waals surface area contributed by atoms with Crippen molar-refractivity contribution in [3.63, 3.8) is 0 Å². The van der Waals surface area contributed by atoms with Crippen molar-refractivity contribution in [1.82, 2.24) is 15.2 Å². The number of nitrogens with one attached hydrogen (secondary N) is 1. The summed E-state index contributed by atoms with van der Waals surface area (Å²) in [5.74, 6) is -0.0211. The molecule has 1 amide bonds. The zero-order chi connectivity index (χ0) is 15.8. The highest BCUT2D eigenvalue weighted by Gasteiger charge is 2.20. The fourth-order valence-electron chi connectivity index (χ4n) is 2.13. The van der Waals surface area contributed by atoms with Gasteiger partial charge in [-0.05, 0) is 32.0 Å². The molecule has 21 heavy (non-hydrogen) atoms. The number of ketones is 1. The van der Waals surface area contributed by atoms with Gasteiger partial charge in [0.1, 0.15) is 0 Å². The van der Waals surface area contributed by atoms with Gasteiger partial charge in [-0.1, -0.05) is 19.9 Å². The fraction of sp³-hybridized carbons (Fsp3) is 0.562. The van der Waals surface area contributed by atoms with E-state index in [1.54, 1.807) is 6.20 Å². The molecule has 0 aliphatic carbocycles. The van der Waals surface area contributed by atoms with Gasteiger partial charge in [-0.25, -0.2) is 0 Å². The summed E-state index contributed by atoms with van der Waals surface area (Å²) < 4.78 is 0. The molecule has 5 heteroatoms. The first-order chi connectivity index (χ1) is 9.90. The average Bonchev–Trinajstić information content (AvgIpc) is 2.43. The standard InChI is InChI=1S/C16H25N3O2/c1-12(2)16(13(3)20)18-15(21)11-19(4)10-8-14-7-5-6-9-17-14/h5-7,9,12,16H,8,10-11H2,1-4H3,(H,18,21). The molecule has 1 heterocycles. The lowest BCUT2D eigenvalue weighted by molar-refractivity contribution is -0.128. The Bertz CT molecular complexity index is 460. The summed E-state index contributed by atoms with van der Waals surface area (Å²) in [6.07, 6.45) is 2.56. The molecule has 0 spiro atoms. The Balaban J connectivity index is 2.38. The third kappa shape index (κ3) is 6.49. The van der Waals surface area contributed by atoms with E-state index in [0.717, 1.165) is 18.7 Å². The van der Waals surface area contributed by atoms with Crippen molar-refractivity contribution in [2.24, 2.45) is 5.92 Å². The van der Waals surface area contributed by atoms with Gasteiger partial charge >= 0.3 is 0 Å². The van der Waals surface area contributed by atoms with Crippen molar-refractivity contribution >= 4 is 11.7 Å². The number of pyridine rings is 1. The van der Waals surface area contributed by atoms with E-state index in [9.17, 15) is 9.59 Å². The van der Waals surface area contributed by atoms with Crippen molar-refractivity contribution in [2.45, 2.75) is 33.2 Å². The molecule has 1 aromatic rings. The number of likely N-dealkylation sites (N-methyl/N-ethyl adjacent to an activating group) is 1. The molecule has 1 rings (SSSR count). The zero-order valence-corrected chi connectivity index (χ0v) is 13.3. The molecular formula is C16H25N3O2. The van der Waals surface area contributed by atoms with Crippen molar-refractivity contribution in [3.05, 3.63) is 30.1 Å². The van der Waals surface area contributed by atoms with E-state index in [1.165, 1.54) is 6.92 Å². The van der Waals surface area contributed by atoms with Crippen LogP contribution in [0.25, 0.3) is 0 Å². The van der Waals surface area contributed by atoms with Gasteiger partial charge in [0.25, 0.3) is 0 Å². The van der Waals surface area contributed by atoms with Crippen molar-refractivity contribution in [2.75, 3.05) is 20.1 Å². The SMILES string of the molecule is CC(=O)C(NC(=O)CN(C)CCc1ccccn1)C(C)C. The second-order valence-electron chi connectivity index (χ2n) is 5.71. The second-order valence-corrected chi connectivity index (χ2v) is 5.71. The van der Waals surface area contributed by atoms with Gasteiger partial charge < -0.3 is 5.32 Å². The number of amides is 1. The van der Waals surface area contributed by atoms with Crippen LogP contribution in [-0.4, -0.2) is 47.8 Å². The topological polar surface area (TPSA) is 62.3 Å². The van der Waals surface area contributed by atoms with Crippen LogP contribution in [0, 0.1) is 5.92 Å². The molecule has 1 aromatic heterocycles. The number of rotatable bonds is 8. The monoisotopic (exact) mass is 291 g/mol. The smallest absolute Gasteiger partial charge is 0.234 e. The van der Waals surface area contributed by atoms with Gasteiger partial charge in [0.05, 0.1) is 12.6 Å². The van der Waals surface area contributed by atoms with E-state index in [2.05, 4.69) is 10.3 Å². The predicted molar refractivity (Wildman–Crippen MR) is 82.9 cm³/mol. The molecule has 0 radical (unpaired) electrons. The Morgan fingerprint density at radius 3 is 2.57 bits per heavy atom. The maximum absolute atomic E-state index is 12.0. The predicted octanol–water partition coefficient (Wildman–Crippen LogP) is 1.29. The van der Waals surface area contributed by atoms with Gasteiger partial charge in [0.15, 0.2) is 5.78 Å². The van der Waals surface area contributed by atoms with Crippen LogP contribution in [0.15, 0.2) is 24.4 Å². The number of hydrogen-bond donors (Lipinski definition) is 1. The van der Waals surface area contributed by atoms with Crippen molar-refractivity contribution in [1.29, 1.82) is 0 Å². The summed E-state index contributed by atoms with van der Waals surface area (Å²) in [5.41, 5.74) is 1.01. The summed E-state index contributed by atoms with van der Waals surface area (Å²) >= 11 is 0. The van der Waals surface area contributed by atoms with Crippen LogP contribution in [-0.2, 0) is 16.0 Å². The van der Waals surface area contributed by atoms with Gasteiger partial charge in [0, 0.05) is 24.9 Å². The van der Waals surface area contributed by atoms with Crippen LogP contribution < -0.4 is 5.32 Å². The molecular weight excluding hydrogens is 266 g/mol. The van der Waals surface area contributed by atoms with Crippen LogP contribution in [0.3, 0.4) is 0 Å². The molecule has 0 fully saturated rings. The lowest BCUT2D eigenvalue weighted by Crippen LogP contribution is -2.47. The van der Waals surface area contributed by atoms with Crippen LogP contribution >= 0.6 is 0 Å². The maximum Gasteiger partial charge on any atom is 0.234 e. The van der Waals surface area contributed by atoms with E-state index in [-0.39, 0.29) is 24.2 Å². The molecule has 1 unspecified atom stereocenters. The Labute approximate surface area is 126 Å². The zero-order valence-electron chi connectivity index (χ0n) is 13.3. The average molecular weight is 291 g/mol. The minimum absolute atomic E-state index is 0.00510.